The summed E-state index contributed by atoms with van der Waals surface area (Å²) < 4.78 is 4.80. The summed E-state index contributed by atoms with van der Waals surface area (Å²) >= 11 is 1.40. The molecular formula is C15H18N2O3S. The first kappa shape index (κ1) is 15.5. The molecule has 1 unspecified atom stereocenters. The summed E-state index contributed by atoms with van der Waals surface area (Å²) in [6.07, 6.45) is 2.49. The summed E-state index contributed by atoms with van der Waals surface area (Å²) in [6.45, 7) is 0.871. The summed E-state index contributed by atoms with van der Waals surface area (Å²) in [5.74, 6) is 5.19. The van der Waals surface area contributed by atoms with E-state index >= 15 is 0 Å². The molecule has 0 saturated carbocycles. The zero-order valence-corrected chi connectivity index (χ0v) is 12.7. The Bertz CT molecular complexity index is 585. The Morgan fingerprint density at radius 3 is 3.05 bits per heavy atom. The molecule has 0 aliphatic carbocycles. The van der Waals surface area contributed by atoms with Gasteiger partial charge in [-0.05, 0) is 25.3 Å². The van der Waals surface area contributed by atoms with Crippen LogP contribution in [-0.2, 0) is 9.53 Å². The van der Waals surface area contributed by atoms with Crippen LogP contribution in [0.15, 0.2) is 11.4 Å². The van der Waals surface area contributed by atoms with Crippen molar-refractivity contribution in [2.24, 2.45) is 5.73 Å². The zero-order valence-electron chi connectivity index (χ0n) is 11.9. The monoisotopic (exact) mass is 306 g/mol. The van der Waals surface area contributed by atoms with Crippen molar-refractivity contribution in [2.75, 3.05) is 20.2 Å². The van der Waals surface area contributed by atoms with Crippen molar-refractivity contribution in [3.63, 3.8) is 0 Å². The summed E-state index contributed by atoms with van der Waals surface area (Å²) in [4.78, 5) is 26.8. The number of nitrogens with zero attached hydrogens (tertiary/aromatic N) is 1. The molecule has 112 valence electrons. The largest absolute Gasteiger partial charge is 0.467 e. The standard InChI is InChI=1S/C15H18N2O3S/c1-20-15(19)13-6-2-3-8-17(13)14(18)11-9-12(21-10-11)5-4-7-16/h9-10,13H,2-3,6-8,16H2,1H3. The van der Waals surface area contributed by atoms with Crippen LogP contribution in [0.1, 0.15) is 34.5 Å². The molecule has 2 N–H and O–H groups in total. The molecule has 0 aromatic carbocycles. The van der Waals surface area contributed by atoms with E-state index in [1.807, 2.05) is 0 Å². The minimum Gasteiger partial charge on any atom is -0.467 e. The number of hydrogen-bond acceptors (Lipinski definition) is 5. The fraction of sp³-hybridized carbons (Fsp3) is 0.467. The topological polar surface area (TPSA) is 72.6 Å². The van der Waals surface area contributed by atoms with Gasteiger partial charge in [-0.15, -0.1) is 11.3 Å². The van der Waals surface area contributed by atoms with Gasteiger partial charge in [0.2, 0.25) is 0 Å². The van der Waals surface area contributed by atoms with Crippen LogP contribution in [0.5, 0.6) is 0 Å². The molecule has 1 aromatic heterocycles. The van der Waals surface area contributed by atoms with Crippen LogP contribution in [0.2, 0.25) is 0 Å². The van der Waals surface area contributed by atoms with Gasteiger partial charge in [-0.2, -0.15) is 0 Å². The molecule has 1 aliphatic heterocycles. The molecule has 1 saturated heterocycles. The first-order chi connectivity index (χ1) is 10.2. The molecule has 1 amide bonds. The number of methoxy groups -OCH3 is 1. The van der Waals surface area contributed by atoms with E-state index in [0.717, 1.165) is 17.7 Å². The predicted molar refractivity (Wildman–Crippen MR) is 80.9 cm³/mol. The van der Waals surface area contributed by atoms with Crippen molar-refractivity contribution >= 4 is 23.2 Å². The highest BCUT2D eigenvalue weighted by atomic mass is 32.1. The van der Waals surface area contributed by atoms with Gasteiger partial charge in [0, 0.05) is 11.9 Å². The van der Waals surface area contributed by atoms with Crippen LogP contribution in [0.4, 0.5) is 0 Å². The number of thiophene rings is 1. The molecule has 6 heteroatoms. The Hall–Kier alpha value is -1.84. The van der Waals surface area contributed by atoms with E-state index in [9.17, 15) is 9.59 Å². The number of ether oxygens (including phenoxy) is 1. The minimum absolute atomic E-state index is 0.137. The van der Waals surface area contributed by atoms with Gasteiger partial charge in [-0.25, -0.2) is 4.79 Å². The SMILES string of the molecule is COC(=O)C1CCCCN1C(=O)c1csc(C#CCN)c1. The molecule has 0 radical (unpaired) electrons. The lowest BCUT2D eigenvalue weighted by atomic mass is 10.0. The number of piperidine rings is 1. The summed E-state index contributed by atoms with van der Waals surface area (Å²) in [7, 11) is 1.35. The zero-order chi connectivity index (χ0) is 15.2. The van der Waals surface area contributed by atoms with Crippen LogP contribution in [0.25, 0.3) is 0 Å². The highest BCUT2D eigenvalue weighted by Crippen LogP contribution is 2.23. The van der Waals surface area contributed by atoms with E-state index < -0.39 is 6.04 Å². The lowest BCUT2D eigenvalue weighted by Crippen LogP contribution is -2.48. The highest BCUT2D eigenvalue weighted by molar-refractivity contribution is 7.10. The molecule has 0 bridgehead atoms. The van der Waals surface area contributed by atoms with E-state index in [1.54, 1.807) is 16.3 Å². The molecule has 2 rings (SSSR count). The van der Waals surface area contributed by atoms with Crippen molar-refractivity contribution in [1.29, 1.82) is 0 Å². The van der Waals surface area contributed by atoms with Crippen LogP contribution >= 0.6 is 11.3 Å². The number of carbonyl (C=O) groups is 2. The van der Waals surface area contributed by atoms with Crippen LogP contribution in [-0.4, -0.2) is 43.0 Å². The first-order valence-electron chi connectivity index (χ1n) is 6.83. The van der Waals surface area contributed by atoms with E-state index in [2.05, 4.69) is 11.8 Å². The van der Waals surface area contributed by atoms with Gasteiger partial charge in [0.25, 0.3) is 5.91 Å². The van der Waals surface area contributed by atoms with Gasteiger partial charge in [-0.3, -0.25) is 4.79 Å². The summed E-state index contributed by atoms with van der Waals surface area (Å²) in [5.41, 5.74) is 5.90. The average molecular weight is 306 g/mol. The van der Waals surface area contributed by atoms with Crippen molar-refractivity contribution in [1.82, 2.24) is 4.90 Å². The van der Waals surface area contributed by atoms with Gasteiger partial charge in [0.15, 0.2) is 0 Å². The molecule has 21 heavy (non-hydrogen) atoms. The second-order valence-electron chi connectivity index (χ2n) is 4.74. The van der Waals surface area contributed by atoms with E-state index in [1.165, 1.54) is 18.4 Å². The fourth-order valence-corrected chi connectivity index (χ4v) is 3.12. The predicted octanol–water partition coefficient (Wildman–Crippen LogP) is 1.23. The van der Waals surface area contributed by atoms with Gasteiger partial charge in [0.1, 0.15) is 6.04 Å². The molecule has 1 aliphatic rings. The number of likely N-dealkylation sites (tertiary alicyclic amines) is 1. The Morgan fingerprint density at radius 2 is 2.33 bits per heavy atom. The van der Waals surface area contributed by atoms with Crippen molar-refractivity contribution in [3.05, 3.63) is 21.9 Å². The minimum atomic E-state index is -0.477. The van der Waals surface area contributed by atoms with Crippen molar-refractivity contribution in [2.45, 2.75) is 25.3 Å². The van der Waals surface area contributed by atoms with Gasteiger partial charge >= 0.3 is 5.97 Å². The van der Waals surface area contributed by atoms with Crippen molar-refractivity contribution in [3.8, 4) is 11.8 Å². The van der Waals surface area contributed by atoms with Crippen molar-refractivity contribution < 1.29 is 14.3 Å². The highest BCUT2D eigenvalue weighted by Gasteiger charge is 2.33. The van der Waals surface area contributed by atoms with Crippen LogP contribution < -0.4 is 5.73 Å². The van der Waals surface area contributed by atoms with Gasteiger partial charge < -0.3 is 15.4 Å². The second-order valence-corrected chi connectivity index (χ2v) is 5.65. The number of carbonyl (C=O) groups excluding carboxylic acids is 2. The van der Waals surface area contributed by atoms with Gasteiger partial charge in [0.05, 0.1) is 24.1 Å². The number of amides is 1. The maximum Gasteiger partial charge on any atom is 0.328 e. The van der Waals surface area contributed by atoms with Gasteiger partial charge in [-0.1, -0.05) is 11.8 Å². The third kappa shape index (κ3) is 3.63. The maximum atomic E-state index is 12.6. The molecule has 1 aromatic rings. The Balaban J connectivity index is 2.16. The summed E-state index contributed by atoms with van der Waals surface area (Å²) in [6, 6.07) is 1.27. The average Bonchev–Trinajstić information content (AvgIpc) is 3.00. The number of nitrogens with two attached hydrogens (primary N) is 1. The quantitative estimate of drug-likeness (QED) is 0.659. The van der Waals surface area contributed by atoms with E-state index in [0.29, 0.717) is 18.5 Å². The number of hydrogen-bond donors (Lipinski definition) is 1. The molecule has 1 fully saturated rings. The lowest BCUT2D eigenvalue weighted by Gasteiger charge is -2.33. The Labute approximate surface area is 128 Å². The second kappa shape index (κ2) is 7.25. The van der Waals surface area contributed by atoms with E-state index in [4.69, 9.17) is 10.5 Å². The normalized spacial score (nSPS) is 17.8. The molecular weight excluding hydrogens is 288 g/mol. The Morgan fingerprint density at radius 1 is 1.52 bits per heavy atom. The number of esters is 1. The van der Waals surface area contributed by atoms with Crippen LogP contribution in [0, 0.1) is 11.8 Å². The first-order valence-corrected chi connectivity index (χ1v) is 7.71. The van der Waals surface area contributed by atoms with E-state index in [-0.39, 0.29) is 18.4 Å². The molecule has 1 atom stereocenters. The Kier molecular flexibility index (Phi) is 5.37. The molecule has 2 heterocycles. The molecule has 5 nitrogen and oxygen atoms in total. The smallest absolute Gasteiger partial charge is 0.328 e. The maximum absolute atomic E-state index is 12.6. The fourth-order valence-electron chi connectivity index (χ4n) is 2.37. The third-order valence-electron chi connectivity index (χ3n) is 3.40. The lowest BCUT2D eigenvalue weighted by molar-refractivity contribution is -0.147. The number of rotatable bonds is 2. The molecule has 0 spiro atoms. The summed E-state index contributed by atoms with van der Waals surface area (Å²) in [5, 5.41) is 1.77. The third-order valence-corrected chi connectivity index (χ3v) is 4.24. The van der Waals surface area contributed by atoms with Crippen LogP contribution in [0.3, 0.4) is 0 Å².